The first-order valence-corrected chi connectivity index (χ1v) is 4.75. The molecule has 5 nitrogen and oxygen atoms in total. The van der Waals surface area contributed by atoms with Crippen LogP contribution in [0, 0.1) is 28.4 Å². The molecule has 0 atom stereocenters. The number of aromatic amines is 1. The van der Waals surface area contributed by atoms with Crippen LogP contribution >= 0.6 is 0 Å². The third-order valence-corrected chi connectivity index (χ3v) is 2.54. The summed E-state index contributed by atoms with van der Waals surface area (Å²) in [5.41, 5.74) is 2.53. The van der Waals surface area contributed by atoms with E-state index in [-0.39, 0.29) is 12.1 Å². The lowest BCUT2D eigenvalue weighted by Crippen LogP contribution is -1.89. The van der Waals surface area contributed by atoms with Crippen molar-refractivity contribution >= 4 is 16.6 Å². The van der Waals surface area contributed by atoms with Gasteiger partial charge in [-0.3, -0.25) is 10.1 Å². The number of rotatable bonds is 2. The molecule has 5 heteroatoms. The number of nitrogens with one attached hydrogen (secondary N) is 1. The first kappa shape index (κ1) is 10.2. The summed E-state index contributed by atoms with van der Waals surface area (Å²) in [7, 11) is 0. The highest BCUT2D eigenvalue weighted by Crippen LogP contribution is 2.27. The molecule has 0 unspecified atom stereocenters. The average Bonchev–Trinajstić information content (AvgIpc) is 2.63. The molecule has 1 aromatic heterocycles. The van der Waals surface area contributed by atoms with E-state index in [4.69, 9.17) is 5.26 Å². The largest absolute Gasteiger partial charge is 0.361 e. The Hall–Kier alpha value is -2.35. The number of non-ortho nitro benzene ring substituents is 1. The van der Waals surface area contributed by atoms with Crippen LogP contribution in [0.1, 0.15) is 11.1 Å². The summed E-state index contributed by atoms with van der Waals surface area (Å²) in [5.74, 6) is 0. The first-order chi connectivity index (χ1) is 7.63. The lowest BCUT2D eigenvalue weighted by molar-refractivity contribution is -0.384. The minimum Gasteiger partial charge on any atom is -0.361 e. The number of nitrogens with zero attached hydrogens (tertiary/aromatic N) is 2. The van der Waals surface area contributed by atoms with Crippen molar-refractivity contribution in [2.24, 2.45) is 0 Å². The van der Waals surface area contributed by atoms with E-state index in [1.165, 1.54) is 12.1 Å². The predicted octanol–water partition coefficient (Wildman–Crippen LogP) is 2.45. The molecule has 1 heterocycles. The standard InChI is InChI=1S/C11H9N3O2/c1-7-4-9(14(15)16)5-10-8(2-3-12)6-13-11(7)10/h4-6,13H,2H2,1H3. The van der Waals surface area contributed by atoms with Crippen molar-refractivity contribution in [1.82, 2.24) is 4.98 Å². The molecule has 80 valence electrons. The van der Waals surface area contributed by atoms with E-state index >= 15 is 0 Å². The summed E-state index contributed by atoms with van der Waals surface area (Å²) in [5, 5.41) is 20.1. The average molecular weight is 215 g/mol. The molecule has 0 aliphatic heterocycles. The summed E-state index contributed by atoms with van der Waals surface area (Å²) in [6.45, 7) is 1.81. The normalized spacial score (nSPS) is 10.2. The van der Waals surface area contributed by atoms with E-state index in [2.05, 4.69) is 4.98 Å². The van der Waals surface area contributed by atoms with Crippen molar-refractivity contribution in [3.05, 3.63) is 39.6 Å². The molecule has 0 radical (unpaired) electrons. The topological polar surface area (TPSA) is 82.7 Å². The molecule has 2 aromatic rings. The number of nitro benzene ring substituents is 1. The summed E-state index contributed by atoms with van der Waals surface area (Å²) < 4.78 is 0. The second-order valence-corrected chi connectivity index (χ2v) is 3.59. The first-order valence-electron chi connectivity index (χ1n) is 4.75. The van der Waals surface area contributed by atoms with Crippen LogP contribution in [0.2, 0.25) is 0 Å². The fraction of sp³-hybridized carbons (Fsp3) is 0.182. The monoisotopic (exact) mass is 215 g/mol. The van der Waals surface area contributed by atoms with Crippen LogP contribution < -0.4 is 0 Å². The minimum absolute atomic E-state index is 0.0591. The molecular formula is C11H9N3O2. The lowest BCUT2D eigenvalue weighted by Gasteiger charge is -1.98. The van der Waals surface area contributed by atoms with Crippen molar-refractivity contribution in [2.45, 2.75) is 13.3 Å². The maximum Gasteiger partial charge on any atom is 0.270 e. The smallest absolute Gasteiger partial charge is 0.270 e. The minimum atomic E-state index is -0.421. The van der Waals surface area contributed by atoms with Crippen LogP contribution in [0.15, 0.2) is 18.3 Å². The number of nitro groups is 1. The molecular weight excluding hydrogens is 206 g/mol. The number of aryl methyl sites for hydroxylation is 1. The van der Waals surface area contributed by atoms with Gasteiger partial charge >= 0.3 is 0 Å². The molecule has 0 aliphatic rings. The van der Waals surface area contributed by atoms with E-state index in [9.17, 15) is 10.1 Å². The molecule has 0 amide bonds. The van der Waals surface area contributed by atoms with E-state index in [0.29, 0.717) is 0 Å². The number of H-pyrrole nitrogens is 1. The number of benzene rings is 1. The van der Waals surface area contributed by atoms with Crippen molar-refractivity contribution in [1.29, 1.82) is 5.26 Å². The fourth-order valence-corrected chi connectivity index (χ4v) is 1.79. The lowest BCUT2D eigenvalue weighted by atomic mass is 10.1. The van der Waals surface area contributed by atoms with Gasteiger partial charge in [0.1, 0.15) is 0 Å². The van der Waals surface area contributed by atoms with E-state index in [0.717, 1.165) is 22.0 Å². The number of nitriles is 1. The molecule has 0 bridgehead atoms. The van der Waals surface area contributed by atoms with Gasteiger partial charge in [0.15, 0.2) is 0 Å². The van der Waals surface area contributed by atoms with Crippen molar-refractivity contribution < 1.29 is 4.92 Å². The maximum atomic E-state index is 10.7. The summed E-state index contributed by atoms with van der Waals surface area (Å²) in [6.07, 6.45) is 1.98. The second kappa shape index (κ2) is 3.66. The third-order valence-electron chi connectivity index (χ3n) is 2.54. The maximum absolute atomic E-state index is 10.7. The van der Waals surface area contributed by atoms with Gasteiger partial charge in [0.25, 0.3) is 5.69 Å². The van der Waals surface area contributed by atoms with E-state index in [1.54, 1.807) is 6.20 Å². The van der Waals surface area contributed by atoms with Crippen LogP contribution in [0.4, 0.5) is 5.69 Å². The van der Waals surface area contributed by atoms with E-state index < -0.39 is 4.92 Å². The SMILES string of the molecule is Cc1cc([N+](=O)[O-])cc2c(CC#N)c[nH]c12. The Morgan fingerprint density at radius 2 is 2.31 bits per heavy atom. The molecule has 0 aliphatic carbocycles. The van der Waals surface area contributed by atoms with E-state index in [1.807, 2.05) is 13.0 Å². The Morgan fingerprint density at radius 3 is 2.94 bits per heavy atom. The summed E-state index contributed by atoms with van der Waals surface area (Å²) in [4.78, 5) is 13.3. The van der Waals surface area contributed by atoms with Crippen molar-refractivity contribution in [3.8, 4) is 6.07 Å². The van der Waals surface area contributed by atoms with Gasteiger partial charge in [-0.1, -0.05) is 0 Å². The summed E-state index contributed by atoms with van der Waals surface area (Å²) >= 11 is 0. The molecule has 2 rings (SSSR count). The zero-order valence-electron chi connectivity index (χ0n) is 8.65. The Kier molecular flexibility index (Phi) is 2.33. The zero-order chi connectivity index (χ0) is 11.7. The van der Waals surface area contributed by atoms with Gasteiger partial charge < -0.3 is 4.98 Å². The van der Waals surface area contributed by atoms with Gasteiger partial charge in [-0.2, -0.15) is 5.26 Å². The molecule has 1 N–H and O–H groups in total. The van der Waals surface area contributed by atoms with Gasteiger partial charge in [-0.25, -0.2) is 0 Å². The van der Waals surface area contributed by atoms with Gasteiger partial charge in [0.2, 0.25) is 0 Å². The van der Waals surface area contributed by atoms with Crippen LogP contribution in [0.5, 0.6) is 0 Å². The third kappa shape index (κ3) is 1.50. The number of fused-ring (bicyclic) bond motifs is 1. The van der Waals surface area contributed by atoms with Crippen molar-refractivity contribution in [2.75, 3.05) is 0 Å². The Morgan fingerprint density at radius 1 is 1.56 bits per heavy atom. The fourth-order valence-electron chi connectivity index (χ4n) is 1.79. The Balaban J connectivity index is 2.72. The van der Waals surface area contributed by atoms with Gasteiger partial charge in [0.05, 0.1) is 17.4 Å². The highest BCUT2D eigenvalue weighted by atomic mass is 16.6. The number of hydrogen-bond acceptors (Lipinski definition) is 3. The summed E-state index contributed by atoms with van der Waals surface area (Å²) in [6, 6.07) is 5.07. The molecule has 0 fully saturated rings. The second-order valence-electron chi connectivity index (χ2n) is 3.59. The van der Waals surface area contributed by atoms with Crippen LogP contribution in [-0.2, 0) is 6.42 Å². The quantitative estimate of drug-likeness (QED) is 0.616. The van der Waals surface area contributed by atoms with Gasteiger partial charge in [-0.15, -0.1) is 0 Å². The van der Waals surface area contributed by atoms with Crippen LogP contribution in [0.3, 0.4) is 0 Å². The predicted molar refractivity (Wildman–Crippen MR) is 59.0 cm³/mol. The Labute approximate surface area is 91.5 Å². The molecule has 1 aromatic carbocycles. The molecule has 0 spiro atoms. The Bertz CT molecular complexity index is 607. The van der Waals surface area contributed by atoms with Crippen molar-refractivity contribution in [3.63, 3.8) is 0 Å². The highest BCUT2D eigenvalue weighted by Gasteiger charge is 2.12. The highest BCUT2D eigenvalue weighted by molar-refractivity contribution is 5.88. The number of hydrogen-bond donors (Lipinski definition) is 1. The van der Waals surface area contributed by atoms with Gasteiger partial charge in [-0.05, 0) is 18.1 Å². The molecule has 0 saturated carbocycles. The van der Waals surface area contributed by atoms with Gasteiger partial charge in [0, 0.05) is 29.2 Å². The van der Waals surface area contributed by atoms with Crippen LogP contribution in [-0.4, -0.2) is 9.91 Å². The van der Waals surface area contributed by atoms with Crippen LogP contribution in [0.25, 0.3) is 10.9 Å². The molecule has 0 saturated heterocycles. The zero-order valence-corrected chi connectivity index (χ0v) is 8.65. The number of aromatic nitrogens is 1. The molecule has 16 heavy (non-hydrogen) atoms.